The van der Waals surface area contributed by atoms with Crippen molar-refractivity contribution >= 4 is 23.2 Å². The first-order valence-corrected chi connectivity index (χ1v) is 7.73. The molecular formula is C17H30O3S. The van der Waals surface area contributed by atoms with Crippen LogP contribution < -0.4 is 0 Å². The standard InChI is InChI=1S/C12H20O2.C5H10OS/c1-10(2)6-5-7-11(3)8-9-14-12(4)13;1-3-4-5(7)6-2/h6,8H,5,7,9H2,1-4H3;3-4H2,1-2H3/b11-8-;. The topological polar surface area (TPSA) is 35.5 Å². The predicted molar refractivity (Wildman–Crippen MR) is 93.6 cm³/mol. The van der Waals surface area contributed by atoms with Gasteiger partial charge in [0.1, 0.15) is 6.61 Å². The van der Waals surface area contributed by atoms with Crippen LogP contribution in [-0.4, -0.2) is 24.7 Å². The first-order chi connectivity index (χ1) is 9.83. The van der Waals surface area contributed by atoms with Gasteiger partial charge in [-0.05, 0) is 58.3 Å². The number of carbonyl (C=O) groups excluding carboxylic acids is 1. The summed E-state index contributed by atoms with van der Waals surface area (Å²) in [5, 5.41) is 0.711. The van der Waals surface area contributed by atoms with Gasteiger partial charge in [-0.3, -0.25) is 4.79 Å². The van der Waals surface area contributed by atoms with E-state index in [1.54, 1.807) is 7.11 Å². The summed E-state index contributed by atoms with van der Waals surface area (Å²) in [7, 11) is 1.61. The van der Waals surface area contributed by atoms with Gasteiger partial charge in [-0.25, -0.2) is 0 Å². The van der Waals surface area contributed by atoms with Crippen LogP contribution in [0.4, 0.5) is 0 Å². The average molecular weight is 314 g/mol. The summed E-state index contributed by atoms with van der Waals surface area (Å²) in [5.74, 6) is -0.224. The van der Waals surface area contributed by atoms with Crippen LogP contribution in [0.15, 0.2) is 23.3 Å². The Kier molecular flexibility index (Phi) is 16.1. The predicted octanol–water partition coefficient (Wildman–Crippen LogP) is 5.00. The molecule has 0 amide bonds. The van der Waals surface area contributed by atoms with Gasteiger partial charge in [-0.15, -0.1) is 0 Å². The van der Waals surface area contributed by atoms with Crippen molar-refractivity contribution in [1.82, 2.24) is 0 Å². The Morgan fingerprint density at radius 2 is 1.71 bits per heavy atom. The molecule has 0 bridgehead atoms. The van der Waals surface area contributed by atoms with Crippen LogP contribution >= 0.6 is 12.2 Å². The van der Waals surface area contributed by atoms with Gasteiger partial charge >= 0.3 is 5.97 Å². The lowest BCUT2D eigenvalue weighted by atomic mass is 10.1. The summed E-state index contributed by atoms with van der Waals surface area (Å²) in [6, 6.07) is 0. The molecule has 0 radical (unpaired) electrons. The van der Waals surface area contributed by atoms with E-state index in [4.69, 9.17) is 21.7 Å². The normalized spacial score (nSPS) is 10.1. The van der Waals surface area contributed by atoms with Gasteiger partial charge < -0.3 is 9.47 Å². The van der Waals surface area contributed by atoms with Gasteiger partial charge in [0.15, 0.2) is 5.05 Å². The summed E-state index contributed by atoms with van der Waals surface area (Å²) in [6.07, 6.45) is 8.25. The second-order valence-corrected chi connectivity index (χ2v) is 5.45. The molecule has 4 heteroatoms. The zero-order valence-electron chi connectivity index (χ0n) is 14.3. The van der Waals surface area contributed by atoms with Crippen LogP contribution in [0.5, 0.6) is 0 Å². The number of thiocarbonyl (C=S) groups is 1. The molecule has 0 saturated carbocycles. The molecule has 21 heavy (non-hydrogen) atoms. The van der Waals surface area contributed by atoms with Gasteiger partial charge in [-0.2, -0.15) is 0 Å². The fourth-order valence-corrected chi connectivity index (χ4v) is 1.50. The van der Waals surface area contributed by atoms with E-state index in [0.717, 1.165) is 25.7 Å². The monoisotopic (exact) mass is 314 g/mol. The van der Waals surface area contributed by atoms with E-state index in [0.29, 0.717) is 11.7 Å². The highest BCUT2D eigenvalue weighted by molar-refractivity contribution is 7.80. The summed E-state index contributed by atoms with van der Waals surface area (Å²) < 4.78 is 9.53. The second kappa shape index (κ2) is 15.2. The Labute approximate surface area is 135 Å². The molecule has 0 aliphatic heterocycles. The fourth-order valence-electron chi connectivity index (χ4n) is 1.30. The van der Waals surface area contributed by atoms with Crippen molar-refractivity contribution in [3.63, 3.8) is 0 Å². The summed E-state index contributed by atoms with van der Waals surface area (Å²) in [5.41, 5.74) is 2.61. The smallest absolute Gasteiger partial charge is 0.302 e. The molecule has 0 heterocycles. The number of methoxy groups -OCH3 is 1. The van der Waals surface area contributed by atoms with Gasteiger partial charge in [0.2, 0.25) is 0 Å². The Balaban J connectivity index is 0. The molecule has 0 unspecified atom stereocenters. The summed E-state index contributed by atoms with van der Waals surface area (Å²) >= 11 is 4.73. The van der Waals surface area contributed by atoms with Crippen molar-refractivity contribution < 1.29 is 14.3 Å². The summed E-state index contributed by atoms with van der Waals surface area (Å²) in [4.78, 5) is 10.5. The highest BCUT2D eigenvalue weighted by Gasteiger charge is 1.91. The third kappa shape index (κ3) is 21.3. The van der Waals surface area contributed by atoms with Crippen molar-refractivity contribution in [3.05, 3.63) is 23.3 Å². The van der Waals surface area contributed by atoms with Crippen LogP contribution in [0.3, 0.4) is 0 Å². The number of hydrogen-bond donors (Lipinski definition) is 0. The van der Waals surface area contributed by atoms with Crippen molar-refractivity contribution in [1.29, 1.82) is 0 Å². The number of hydrogen-bond acceptors (Lipinski definition) is 4. The molecule has 0 aliphatic rings. The zero-order valence-corrected chi connectivity index (χ0v) is 15.1. The molecular weight excluding hydrogens is 284 g/mol. The summed E-state index contributed by atoms with van der Waals surface area (Å²) in [6.45, 7) is 10.1. The van der Waals surface area contributed by atoms with E-state index in [9.17, 15) is 4.79 Å². The van der Waals surface area contributed by atoms with Crippen molar-refractivity contribution in [2.45, 2.75) is 60.3 Å². The SMILES string of the molecule is CC(=O)OC/C=C(/C)CCC=C(C)C.CCCC(=S)OC. The lowest BCUT2D eigenvalue weighted by Crippen LogP contribution is -1.98. The number of esters is 1. The molecule has 122 valence electrons. The largest absolute Gasteiger partial charge is 0.490 e. The number of allylic oxidation sites excluding steroid dienone is 3. The molecule has 0 aromatic carbocycles. The van der Waals surface area contributed by atoms with E-state index in [1.807, 2.05) is 6.08 Å². The quantitative estimate of drug-likeness (QED) is 0.376. The molecule has 0 fully saturated rings. The average Bonchev–Trinajstić information content (AvgIpc) is 2.38. The molecule has 3 nitrogen and oxygen atoms in total. The minimum Gasteiger partial charge on any atom is -0.490 e. The maximum Gasteiger partial charge on any atom is 0.302 e. The molecule has 0 aliphatic carbocycles. The van der Waals surface area contributed by atoms with E-state index in [2.05, 4.69) is 33.8 Å². The van der Waals surface area contributed by atoms with Crippen LogP contribution in [-0.2, 0) is 14.3 Å². The second-order valence-electron chi connectivity index (χ2n) is 5.00. The number of rotatable bonds is 7. The maximum absolute atomic E-state index is 10.5. The first-order valence-electron chi connectivity index (χ1n) is 7.32. The van der Waals surface area contributed by atoms with Crippen LogP contribution in [0.25, 0.3) is 0 Å². The lowest BCUT2D eigenvalue weighted by molar-refractivity contribution is -0.139. The number of carbonyl (C=O) groups is 1. The molecule has 0 atom stereocenters. The molecule has 0 aromatic rings. The Morgan fingerprint density at radius 3 is 2.10 bits per heavy atom. The van der Waals surface area contributed by atoms with E-state index < -0.39 is 0 Å². The lowest BCUT2D eigenvalue weighted by Gasteiger charge is -2.00. The van der Waals surface area contributed by atoms with Gasteiger partial charge in [0, 0.05) is 13.3 Å². The van der Waals surface area contributed by atoms with Crippen LogP contribution in [0.1, 0.15) is 60.3 Å². The maximum atomic E-state index is 10.5. The Morgan fingerprint density at radius 1 is 1.10 bits per heavy atom. The minimum absolute atomic E-state index is 0.224. The van der Waals surface area contributed by atoms with Crippen molar-refractivity contribution in [3.8, 4) is 0 Å². The van der Waals surface area contributed by atoms with E-state index in [-0.39, 0.29) is 5.97 Å². The van der Waals surface area contributed by atoms with Gasteiger partial charge in [0.05, 0.1) is 7.11 Å². The van der Waals surface area contributed by atoms with E-state index in [1.165, 1.54) is 18.1 Å². The molecule has 0 saturated heterocycles. The highest BCUT2D eigenvalue weighted by Crippen LogP contribution is 2.06. The molecule has 0 aromatic heterocycles. The molecule has 0 rings (SSSR count). The minimum atomic E-state index is -0.224. The van der Waals surface area contributed by atoms with Crippen molar-refractivity contribution in [2.75, 3.05) is 13.7 Å². The fraction of sp³-hybridized carbons (Fsp3) is 0.647. The number of ether oxygens (including phenoxy) is 2. The van der Waals surface area contributed by atoms with Crippen LogP contribution in [0.2, 0.25) is 0 Å². The third-order valence-electron chi connectivity index (χ3n) is 2.49. The Bertz CT molecular complexity index is 353. The first kappa shape index (κ1) is 22.1. The molecule has 0 N–H and O–H groups in total. The van der Waals surface area contributed by atoms with Gasteiger partial charge in [-0.1, -0.05) is 24.1 Å². The van der Waals surface area contributed by atoms with Gasteiger partial charge in [0.25, 0.3) is 0 Å². The Hall–Kier alpha value is -1.16. The third-order valence-corrected chi connectivity index (χ3v) is 2.86. The zero-order chi connectivity index (χ0) is 16.7. The van der Waals surface area contributed by atoms with Crippen molar-refractivity contribution in [2.24, 2.45) is 0 Å². The van der Waals surface area contributed by atoms with E-state index >= 15 is 0 Å². The van der Waals surface area contributed by atoms with Crippen LogP contribution in [0, 0.1) is 0 Å². The highest BCUT2D eigenvalue weighted by atomic mass is 32.1. The molecule has 0 spiro atoms.